The average Bonchev–Trinajstić information content (AvgIpc) is 3.16. The number of sulfone groups is 1. The van der Waals surface area contributed by atoms with Crippen LogP contribution in [0.15, 0.2) is 11.2 Å². The first-order valence-electron chi connectivity index (χ1n) is 10.4. The maximum Gasteiger partial charge on any atom is 0.268 e. The summed E-state index contributed by atoms with van der Waals surface area (Å²) in [5.41, 5.74) is 1.41. The zero-order valence-electron chi connectivity index (χ0n) is 17.4. The van der Waals surface area contributed by atoms with Crippen molar-refractivity contribution < 1.29 is 8.42 Å². The van der Waals surface area contributed by atoms with Crippen LogP contribution in [0.3, 0.4) is 0 Å². The Labute approximate surface area is 164 Å². The lowest BCUT2D eigenvalue weighted by molar-refractivity contribution is 0.546. The van der Waals surface area contributed by atoms with E-state index in [1.807, 2.05) is 6.07 Å². The summed E-state index contributed by atoms with van der Waals surface area (Å²) in [4.78, 5) is 0. The predicted octanol–water partition coefficient (Wildman–Crippen LogP) is 5.05. The molecule has 0 aliphatic carbocycles. The standard InChI is InChI=1S/C20H36N4O2S/c1-5-6-7-8-9-10-11-12-13-14-15-27(25,26)19-22-21-18-16-17(20(2,3)4)23-24(18)19/h16,23H,5-15H2,1-4H3. The number of nitrogens with one attached hydrogen (secondary N) is 1. The van der Waals surface area contributed by atoms with Gasteiger partial charge in [-0.05, 0) is 6.42 Å². The van der Waals surface area contributed by atoms with Crippen LogP contribution in [0.5, 0.6) is 0 Å². The van der Waals surface area contributed by atoms with Gasteiger partial charge in [0.05, 0.1) is 5.75 Å². The monoisotopic (exact) mass is 396 g/mol. The van der Waals surface area contributed by atoms with Crippen molar-refractivity contribution in [3.63, 3.8) is 0 Å². The van der Waals surface area contributed by atoms with Crippen LogP contribution in [-0.4, -0.2) is 34.0 Å². The Hall–Kier alpha value is -1.37. The number of hydrogen-bond donors (Lipinski definition) is 1. The zero-order chi connectivity index (χ0) is 19.9. The van der Waals surface area contributed by atoms with Crippen LogP contribution >= 0.6 is 0 Å². The van der Waals surface area contributed by atoms with E-state index in [0.717, 1.165) is 18.5 Å². The van der Waals surface area contributed by atoms with Gasteiger partial charge in [-0.25, -0.2) is 12.9 Å². The molecule has 2 aromatic rings. The third kappa shape index (κ3) is 6.33. The minimum atomic E-state index is -3.43. The van der Waals surface area contributed by atoms with E-state index >= 15 is 0 Å². The Kier molecular flexibility index (Phi) is 7.89. The van der Waals surface area contributed by atoms with Gasteiger partial charge in [-0.2, -0.15) is 0 Å². The number of unbranched alkanes of at least 4 members (excludes halogenated alkanes) is 9. The molecular weight excluding hydrogens is 360 g/mol. The van der Waals surface area contributed by atoms with Gasteiger partial charge in [0.1, 0.15) is 0 Å². The summed E-state index contributed by atoms with van der Waals surface area (Å²) in [6, 6.07) is 1.87. The molecule has 0 fully saturated rings. The molecule has 0 saturated carbocycles. The lowest BCUT2D eigenvalue weighted by Gasteiger charge is -2.15. The highest BCUT2D eigenvalue weighted by Gasteiger charge is 2.25. The smallest absolute Gasteiger partial charge is 0.268 e. The lowest BCUT2D eigenvalue weighted by Crippen LogP contribution is -2.15. The summed E-state index contributed by atoms with van der Waals surface area (Å²) in [6.07, 6.45) is 11.8. The molecule has 154 valence electrons. The minimum Gasteiger partial charge on any atom is -0.294 e. The maximum absolute atomic E-state index is 12.7. The molecule has 0 aromatic carbocycles. The van der Waals surface area contributed by atoms with Crippen LogP contribution in [0, 0.1) is 0 Å². The van der Waals surface area contributed by atoms with E-state index in [-0.39, 0.29) is 16.3 Å². The van der Waals surface area contributed by atoms with Crippen LogP contribution in [0.4, 0.5) is 0 Å². The van der Waals surface area contributed by atoms with Crippen molar-refractivity contribution in [3.8, 4) is 0 Å². The number of fused-ring (bicyclic) bond motifs is 1. The fraction of sp³-hybridized carbons (Fsp3) is 0.800. The molecule has 2 heterocycles. The summed E-state index contributed by atoms with van der Waals surface area (Å²) in [6.45, 7) is 8.45. The molecule has 0 saturated heterocycles. The zero-order valence-corrected chi connectivity index (χ0v) is 18.2. The van der Waals surface area contributed by atoms with Gasteiger partial charge in [0, 0.05) is 17.2 Å². The number of nitrogens with zero attached hydrogens (tertiary/aromatic N) is 3. The Morgan fingerprint density at radius 3 is 2.04 bits per heavy atom. The Morgan fingerprint density at radius 2 is 1.48 bits per heavy atom. The molecule has 0 amide bonds. The molecule has 0 spiro atoms. The van der Waals surface area contributed by atoms with Gasteiger partial charge in [-0.3, -0.25) is 5.10 Å². The van der Waals surface area contributed by atoms with Crippen LogP contribution < -0.4 is 0 Å². The first-order valence-corrected chi connectivity index (χ1v) is 12.1. The summed E-state index contributed by atoms with van der Waals surface area (Å²) in [5, 5.41) is 11.1. The Morgan fingerprint density at radius 1 is 0.926 bits per heavy atom. The maximum atomic E-state index is 12.7. The quantitative estimate of drug-likeness (QED) is 0.509. The third-order valence-corrected chi connectivity index (χ3v) is 6.66. The highest BCUT2D eigenvalue weighted by atomic mass is 32.2. The van der Waals surface area contributed by atoms with Gasteiger partial charge < -0.3 is 0 Å². The molecule has 0 aliphatic rings. The number of rotatable bonds is 12. The number of hydrogen-bond acceptors (Lipinski definition) is 4. The van der Waals surface area contributed by atoms with Crippen molar-refractivity contribution in [2.24, 2.45) is 0 Å². The highest BCUT2D eigenvalue weighted by molar-refractivity contribution is 7.91. The van der Waals surface area contributed by atoms with Gasteiger partial charge in [0.25, 0.3) is 5.16 Å². The van der Waals surface area contributed by atoms with Crippen molar-refractivity contribution in [2.75, 3.05) is 5.75 Å². The van der Waals surface area contributed by atoms with Crippen LogP contribution in [0.1, 0.15) is 97.6 Å². The van der Waals surface area contributed by atoms with E-state index in [9.17, 15) is 8.42 Å². The molecular formula is C20H36N4O2S. The molecule has 0 radical (unpaired) electrons. The van der Waals surface area contributed by atoms with E-state index in [1.54, 1.807) is 0 Å². The molecule has 2 rings (SSSR count). The molecule has 0 bridgehead atoms. The molecule has 7 heteroatoms. The van der Waals surface area contributed by atoms with Gasteiger partial charge in [0.2, 0.25) is 9.84 Å². The number of aromatic nitrogens is 4. The summed E-state index contributed by atoms with van der Waals surface area (Å²) < 4.78 is 26.8. The molecule has 27 heavy (non-hydrogen) atoms. The van der Waals surface area contributed by atoms with Gasteiger partial charge in [0.15, 0.2) is 5.65 Å². The van der Waals surface area contributed by atoms with Crippen LogP contribution in [0.2, 0.25) is 0 Å². The van der Waals surface area contributed by atoms with E-state index in [0.29, 0.717) is 12.1 Å². The van der Waals surface area contributed by atoms with E-state index in [2.05, 4.69) is 43.0 Å². The molecule has 0 unspecified atom stereocenters. The topological polar surface area (TPSA) is 80.1 Å². The summed E-state index contributed by atoms with van der Waals surface area (Å²) in [5.74, 6) is 0.133. The lowest BCUT2D eigenvalue weighted by atomic mass is 9.93. The van der Waals surface area contributed by atoms with Crippen molar-refractivity contribution >= 4 is 15.5 Å². The molecule has 1 N–H and O–H groups in total. The Bertz CT molecular complexity index is 800. The van der Waals surface area contributed by atoms with Crippen LogP contribution in [0.25, 0.3) is 5.65 Å². The predicted molar refractivity (Wildman–Crippen MR) is 110 cm³/mol. The largest absolute Gasteiger partial charge is 0.294 e. The fourth-order valence-corrected chi connectivity index (χ4v) is 4.57. The second-order valence-corrected chi connectivity index (χ2v) is 10.6. The van der Waals surface area contributed by atoms with Crippen molar-refractivity contribution in [1.82, 2.24) is 19.8 Å². The van der Waals surface area contributed by atoms with Gasteiger partial charge in [-0.1, -0.05) is 85.5 Å². The first kappa shape index (κ1) is 21.9. The highest BCUT2D eigenvalue weighted by Crippen LogP contribution is 2.23. The second-order valence-electron chi connectivity index (χ2n) is 8.60. The van der Waals surface area contributed by atoms with Crippen molar-refractivity contribution in [3.05, 3.63) is 11.8 Å². The SMILES string of the molecule is CCCCCCCCCCCCS(=O)(=O)c1nnc2cc(C(C)(C)C)[nH]n12. The molecule has 6 nitrogen and oxygen atoms in total. The number of H-pyrrole nitrogens is 1. The molecule has 0 aliphatic heterocycles. The first-order chi connectivity index (χ1) is 12.8. The summed E-state index contributed by atoms with van der Waals surface area (Å²) in [7, 11) is -3.43. The third-order valence-electron chi connectivity index (χ3n) is 5.02. The van der Waals surface area contributed by atoms with Gasteiger partial charge in [-0.15, -0.1) is 10.2 Å². The van der Waals surface area contributed by atoms with E-state index in [1.165, 1.54) is 49.5 Å². The number of aromatic amines is 1. The second kappa shape index (κ2) is 9.71. The van der Waals surface area contributed by atoms with Gasteiger partial charge >= 0.3 is 0 Å². The van der Waals surface area contributed by atoms with E-state index in [4.69, 9.17) is 0 Å². The van der Waals surface area contributed by atoms with Crippen molar-refractivity contribution in [2.45, 2.75) is 102 Å². The normalized spacial score (nSPS) is 12.9. The average molecular weight is 397 g/mol. The van der Waals surface area contributed by atoms with Crippen LogP contribution in [-0.2, 0) is 15.3 Å². The minimum absolute atomic E-state index is 0.0314. The fourth-order valence-electron chi connectivity index (χ4n) is 3.22. The van der Waals surface area contributed by atoms with E-state index < -0.39 is 9.84 Å². The van der Waals surface area contributed by atoms with Crippen molar-refractivity contribution in [1.29, 1.82) is 0 Å². The summed E-state index contributed by atoms with van der Waals surface area (Å²) >= 11 is 0. The molecule has 0 atom stereocenters. The Balaban J connectivity index is 1.78. The molecule has 2 aromatic heterocycles.